The molecule has 0 aliphatic carbocycles. The number of aryl methyl sites for hydroxylation is 2. The first-order chi connectivity index (χ1) is 22.0. The van der Waals surface area contributed by atoms with E-state index in [-0.39, 0.29) is 23.9 Å². The normalized spacial score (nSPS) is 18.2. The predicted molar refractivity (Wildman–Crippen MR) is 183 cm³/mol. The molecule has 4 heterocycles. The van der Waals surface area contributed by atoms with Crippen molar-refractivity contribution in [1.29, 1.82) is 0 Å². The number of piperidine rings is 1. The molecule has 2 aromatic carbocycles. The van der Waals surface area contributed by atoms with Crippen molar-refractivity contribution in [2.45, 2.75) is 71.4 Å². The van der Waals surface area contributed by atoms with E-state index in [0.717, 1.165) is 103 Å². The number of nitrogens with zero attached hydrogens (tertiary/aromatic N) is 3. The van der Waals surface area contributed by atoms with Gasteiger partial charge in [-0.3, -0.25) is 14.4 Å². The van der Waals surface area contributed by atoms with Crippen molar-refractivity contribution in [2.75, 3.05) is 56.7 Å². The lowest BCUT2D eigenvalue weighted by atomic mass is 9.73. The van der Waals surface area contributed by atoms with Crippen LogP contribution in [0.4, 0.5) is 11.4 Å². The summed E-state index contributed by atoms with van der Waals surface area (Å²) in [5.74, 6) is -0.0442. The molecule has 9 heteroatoms. The Morgan fingerprint density at radius 3 is 2.41 bits per heavy atom. The van der Waals surface area contributed by atoms with E-state index in [2.05, 4.69) is 58.3 Å². The number of rotatable bonds is 7. The number of H-pyrrole nitrogens is 1. The number of hydrogen-bond donors (Lipinski definition) is 2. The van der Waals surface area contributed by atoms with Gasteiger partial charge in [0.15, 0.2) is 0 Å². The van der Waals surface area contributed by atoms with Crippen molar-refractivity contribution in [2.24, 2.45) is 0 Å². The van der Waals surface area contributed by atoms with Gasteiger partial charge in [0.25, 0.3) is 11.5 Å². The van der Waals surface area contributed by atoms with E-state index in [9.17, 15) is 14.4 Å². The van der Waals surface area contributed by atoms with Crippen LogP contribution in [0.5, 0.6) is 0 Å². The van der Waals surface area contributed by atoms with Crippen molar-refractivity contribution in [3.63, 3.8) is 0 Å². The van der Waals surface area contributed by atoms with Gasteiger partial charge < -0.3 is 29.7 Å². The molecule has 46 heavy (non-hydrogen) atoms. The quantitative estimate of drug-likeness (QED) is 0.390. The lowest BCUT2D eigenvalue weighted by molar-refractivity contribution is -0.124. The summed E-state index contributed by atoms with van der Waals surface area (Å²) in [5.41, 5.74) is 8.01. The van der Waals surface area contributed by atoms with Gasteiger partial charge in [-0.25, -0.2) is 0 Å². The molecule has 6 rings (SSSR count). The van der Waals surface area contributed by atoms with Crippen LogP contribution in [0.15, 0.2) is 41.2 Å². The number of anilines is 2. The molecule has 2 N–H and O–H groups in total. The minimum atomic E-state index is -0.466. The van der Waals surface area contributed by atoms with E-state index in [1.54, 1.807) is 0 Å². The van der Waals surface area contributed by atoms with Crippen molar-refractivity contribution in [1.82, 2.24) is 15.2 Å². The average molecular weight is 626 g/mol. The van der Waals surface area contributed by atoms with Crippen molar-refractivity contribution < 1.29 is 14.3 Å². The smallest absolute Gasteiger partial charge is 0.253 e. The third-order valence-corrected chi connectivity index (χ3v) is 10.6. The molecule has 0 atom stereocenters. The fraction of sp³-hybridized carbons (Fsp3) is 0.486. The zero-order valence-corrected chi connectivity index (χ0v) is 28.1. The number of carbonyl (C=O) groups is 2. The molecule has 3 aliphatic rings. The molecular formula is C37H47N5O4. The number of nitrogens with one attached hydrogen (secondary N) is 2. The standard InChI is InChI=1S/C37H47N5O4/c1-7-42(28-10-16-46-17-11-28)32-21-27(19-29(25(32)4)34(43)38-22-30-23(2)18-24(3)39-35(30)44)26-8-9-31-33(20-26)41(6)36(45)37(31)12-14-40(5)15-13-37/h8-9,18-21,28H,7,10-17,22H2,1-6H3,(H,38,43)(H,39,44). The minimum absolute atomic E-state index is 0.139. The van der Waals surface area contributed by atoms with Crippen molar-refractivity contribution in [3.8, 4) is 11.1 Å². The summed E-state index contributed by atoms with van der Waals surface area (Å²) in [6.45, 7) is 12.1. The number of pyridine rings is 1. The van der Waals surface area contributed by atoms with Crippen LogP contribution < -0.4 is 20.7 Å². The lowest BCUT2D eigenvalue weighted by Gasteiger charge is -2.37. The number of fused-ring (bicyclic) bond motifs is 2. The molecule has 0 bridgehead atoms. The summed E-state index contributed by atoms with van der Waals surface area (Å²) in [6.07, 6.45) is 3.49. The van der Waals surface area contributed by atoms with Crippen molar-refractivity contribution in [3.05, 3.63) is 80.3 Å². The molecule has 0 saturated carbocycles. The van der Waals surface area contributed by atoms with Crippen LogP contribution in [-0.4, -0.2) is 74.7 Å². The average Bonchev–Trinajstić information content (AvgIpc) is 3.24. The zero-order valence-electron chi connectivity index (χ0n) is 28.1. The number of hydrogen-bond acceptors (Lipinski definition) is 6. The maximum absolute atomic E-state index is 13.9. The molecule has 1 spiro atoms. The van der Waals surface area contributed by atoms with E-state index >= 15 is 0 Å². The van der Waals surface area contributed by atoms with Gasteiger partial charge in [0.05, 0.1) is 5.41 Å². The molecule has 9 nitrogen and oxygen atoms in total. The molecule has 3 aromatic rings. The number of aromatic nitrogens is 1. The molecule has 244 valence electrons. The van der Waals surface area contributed by atoms with Crippen LogP contribution in [0.25, 0.3) is 11.1 Å². The fourth-order valence-corrected chi connectivity index (χ4v) is 7.81. The second kappa shape index (κ2) is 12.7. The van der Waals surface area contributed by atoms with Gasteiger partial charge in [0.1, 0.15) is 0 Å². The largest absolute Gasteiger partial charge is 0.381 e. The Kier molecular flexibility index (Phi) is 8.83. The van der Waals surface area contributed by atoms with E-state index in [4.69, 9.17) is 4.74 Å². The number of carbonyl (C=O) groups excluding carboxylic acids is 2. The number of aromatic amines is 1. The minimum Gasteiger partial charge on any atom is -0.381 e. The van der Waals surface area contributed by atoms with E-state index < -0.39 is 5.41 Å². The fourth-order valence-electron chi connectivity index (χ4n) is 7.81. The number of ether oxygens (including phenoxy) is 1. The molecule has 3 aliphatic heterocycles. The highest BCUT2D eigenvalue weighted by Crippen LogP contribution is 2.48. The number of likely N-dealkylation sites (N-methyl/N-ethyl adjacent to an activating group) is 1. The maximum Gasteiger partial charge on any atom is 0.253 e. The summed E-state index contributed by atoms with van der Waals surface area (Å²) in [6, 6.07) is 12.8. The lowest BCUT2D eigenvalue weighted by Crippen LogP contribution is -2.46. The van der Waals surface area contributed by atoms with Gasteiger partial charge in [-0.1, -0.05) is 12.1 Å². The Balaban J connectivity index is 1.41. The zero-order chi connectivity index (χ0) is 32.7. The van der Waals surface area contributed by atoms with Crippen LogP contribution >= 0.6 is 0 Å². The first-order valence-electron chi connectivity index (χ1n) is 16.6. The van der Waals surface area contributed by atoms with Gasteiger partial charge in [-0.15, -0.1) is 0 Å². The Morgan fingerprint density at radius 1 is 1.02 bits per heavy atom. The highest BCUT2D eigenvalue weighted by atomic mass is 16.5. The second-order valence-corrected chi connectivity index (χ2v) is 13.4. The van der Waals surface area contributed by atoms with Crippen LogP contribution in [-0.2, 0) is 21.5 Å². The van der Waals surface area contributed by atoms with E-state index in [1.807, 2.05) is 44.9 Å². The topological polar surface area (TPSA) is 98.0 Å². The van der Waals surface area contributed by atoms with Crippen LogP contribution in [0.1, 0.15) is 70.9 Å². The highest BCUT2D eigenvalue weighted by molar-refractivity contribution is 6.08. The van der Waals surface area contributed by atoms with Gasteiger partial charge in [0.2, 0.25) is 5.91 Å². The molecular weight excluding hydrogens is 578 g/mol. The van der Waals surface area contributed by atoms with Crippen LogP contribution in [0.2, 0.25) is 0 Å². The third-order valence-electron chi connectivity index (χ3n) is 10.6. The first kappa shape index (κ1) is 32.0. The Bertz CT molecular complexity index is 1720. The second-order valence-electron chi connectivity index (χ2n) is 13.4. The molecule has 2 amide bonds. The van der Waals surface area contributed by atoms with Crippen molar-refractivity contribution >= 4 is 23.2 Å². The summed E-state index contributed by atoms with van der Waals surface area (Å²) < 4.78 is 5.68. The van der Waals surface area contributed by atoms with Gasteiger partial charge >= 0.3 is 0 Å². The third kappa shape index (κ3) is 5.64. The monoisotopic (exact) mass is 625 g/mol. The number of amides is 2. The Hall–Kier alpha value is -3.95. The molecule has 0 radical (unpaired) electrons. The van der Waals surface area contributed by atoms with Gasteiger partial charge in [0, 0.05) is 67.6 Å². The molecule has 2 saturated heterocycles. The summed E-state index contributed by atoms with van der Waals surface area (Å²) in [7, 11) is 4.00. The van der Waals surface area contributed by atoms with Gasteiger partial charge in [-0.2, -0.15) is 0 Å². The van der Waals surface area contributed by atoms with Crippen LogP contribution in [0, 0.1) is 20.8 Å². The molecule has 0 unspecified atom stereocenters. The van der Waals surface area contributed by atoms with Gasteiger partial charge in [-0.05, 0) is 126 Å². The SMILES string of the molecule is CCN(c1cc(-c2ccc3c(c2)N(C)C(=O)C32CCN(C)CC2)cc(C(=O)NCc2c(C)cc(C)[nH]c2=O)c1C)C1CCOCC1. The summed E-state index contributed by atoms with van der Waals surface area (Å²) >= 11 is 0. The number of likely N-dealkylation sites (tertiary alicyclic amines) is 1. The molecule has 1 aromatic heterocycles. The van der Waals surface area contributed by atoms with E-state index in [1.165, 1.54) is 0 Å². The molecule has 2 fully saturated rings. The number of benzene rings is 2. The summed E-state index contributed by atoms with van der Waals surface area (Å²) in [4.78, 5) is 49.7. The van der Waals surface area contributed by atoms with E-state index in [0.29, 0.717) is 17.2 Å². The Morgan fingerprint density at radius 2 is 1.74 bits per heavy atom. The predicted octanol–water partition coefficient (Wildman–Crippen LogP) is 4.84. The first-order valence-corrected chi connectivity index (χ1v) is 16.6. The Labute approximate surface area is 271 Å². The van der Waals surface area contributed by atoms with Crippen LogP contribution in [0.3, 0.4) is 0 Å². The highest BCUT2D eigenvalue weighted by Gasteiger charge is 2.50. The summed E-state index contributed by atoms with van der Waals surface area (Å²) in [5, 5.41) is 3.04. The maximum atomic E-state index is 13.9.